The zero-order valence-electron chi connectivity index (χ0n) is 11.5. The molecule has 1 fully saturated rings. The Bertz CT molecular complexity index is 374. The molecule has 4 N–H and O–H groups in total. The number of carbonyl (C=O) groups is 3. The molecular weight excluding hydrogens is 266 g/mol. The number of carbonyl (C=O) groups excluding carboxylic acids is 1. The highest BCUT2D eigenvalue weighted by Gasteiger charge is 2.25. The number of amides is 2. The zero-order valence-corrected chi connectivity index (χ0v) is 11.5. The summed E-state index contributed by atoms with van der Waals surface area (Å²) in [5.41, 5.74) is 0. The van der Waals surface area contributed by atoms with Crippen LogP contribution in [0.5, 0.6) is 0 Å². The molecule has 0 radical (unpaired) electrons. The molecule has 0 aliphatic carbocycles. The number of nitrogens with zero attached hydrogens (tertiary/aromatic N) is 1. The summed E-state index contributed by atoms with van der Waals surface area (Å²) in [7, 11) is 0. The second-order valence-corrected chi connectivity index (χ2v) is 4.84. The van der Waals surface area contributed by atoms with Gasteiger partial charge in [-0.05, 0) is 25.9 Å². The lowest BCUT2D eigenvalue weighted by molar-refractivity contribution is -0.145. The van der Waals surface area contributed by atoms with Crippen molar-refractivity contribution >= 4 is 18.0 Å². The molecule has 1 rings (SSSR count). The van der Waals surface area contributed by atoms with Crippen molar-refractivity contribution in [3.05, 3.63) is 0 Å². The van der Waals surface area contributed by atoms with Gasteiger partial charge in [0.05, 0.1) is 6.42 Å². The first-order chi connectivity index (χ1) is 9.42. The summed E-state index contributed by atoms with van der Waals surface area (Å²) in [6.07, 6.45) is 1.16. The zero-order chi connectivity index (χ0) is 15.1. The third kappa shape index (κ3) is 5.43. The van der Waals surface area contributed by atoms with Crippen LogP contribution in [0.15, 0.2) is 0 Å². The first-order valence-electron chi connectivity index (χ1n) is 6.66. The molecule has 8 nitrogen and oxygen atoms in total. The molecule has 1 saturated heterocycles. The molecule has 20 heavy (non-hydrogen) atoms. The second kappa shape index (κ2) is 7.68. The summed E-state index contributed by atoms with van der Waals surface area (Å²) >= 11 is 0. The summed E-state index contributed by atoms with van der Waals surface area (Å²) in [6.45, 7) is 4.65. The lowest BCUT2D eigenvalue weighted by atomic mass is 10.1. The van der Waals surface area contributed by atoms with E-state index in [1.165, 1.54) is 0 Å². The molecule has 0 spiro atoms. The lowest BCUT2D eigenvalue weighted by Crippen LogP contribution is -2.53. The number of likely N-dealkylation sites (N-methyl/N-ethyl adjacent to an activating group) is 1. The van der Waals surface area contributed by atoms with Gasteiger partial charge in [0, 0.05) is 12.6 Å². The van der Waals surface area contributed by atoms with E-state index in [1.54, 1.807) is 0 Å². The first kappa shape index (κ1) is 16.2. The number of urea groups is 1. The number of hydrogen-bond donors (Lipinski definition) is 4. The summed E-state index contributed by atoms with van der Waals surface area (Å²) in [5, 5.41) is 22.3. The van der Waals surface area contributed by atoms with Gasteiger partial charge in [-0.25, -0.2) is 9.59 Å². The van der Waals surface area contributed by atoms with Crippen molar-refractivity contribution in [1.82, 2.24) is 15.5 Å². The van der Waals surface area contributed by atoms with Gasteiger partial charge in [-0.3, -0.25) is 4.79 Å². The number of carboxylic acid groups (broad SMARTS) is 2. The highest BCUT2D eigenvalue weighted by molar-refractivity contribution is 5.86. The van der Waals surface area contributed by atoms with Crippen molar-refractivity contribution in [3.63, 3.8) is 0 Å². The maximum Gasteiger partial charge on any atom is 0.326 e. The van der Waals surface area contributed by atoms with Crippen LogP contribution < -0.4 is 10.6 Å². The van der Waals surface area contributed by atoms with E-state index in [-0.39, 0.29) is 6.04 Å². The van der Waals surface area contributed by atoms with Crippen molar-refractivity contribution in [2.45, 2.75) is 38.3 Å². The maximum absolute atomic E-state index is 11.7. The Kier molecular flexibility index (Phi) is 6.23. The van der Waals surface area contributed by atoms with E-state index in [1.807, 2.05) is 6.92 Å². The second-order valence-electron chi connectivity index (χ2n) is 4.84. The van der Waals surface area contributed by atoms with Gasteiger partial charge in [-0.1, -0.05) is 6.92 Å². The van der Waals surface area contributed by atoms with E-state index in [9.17, 15) is 14.4 Å². The third-order valence-corrected chi connectivity index (χ3v) is 3.27. The van der Waals surface area contributed by atoms with E-state index in [2.05, 4.69) is 15.5 Å². The number of carboxylic acids is 2. The Hall–Kier alpha value is -1.83. The molecule has 1 aliphatic rings. The van der Waals surface area contributed by atoms with Crippen LogP contribution in [-0.2, 0) is 9.59 Å². The summed E-state index contributed by atoms with van der Waals surface area (Å²) in [4.78, 5) is 35.3. The molecule has 1 unspecified atom stereocenters. The van der Waals surface area contributed by atoms with Crippen LogP contribution in [0.1, 0.15) is 26.2 Å². The molecule has 2 atom stereocenters. The molecule has 0 bridgehead atoms. The van der Waals surface area contributed by atoms with Crippen molar-refractivity contribution in [3.8, 4) is 0 Å². The smallest absolute Gasteiger partial charge is 0.326 e. The molecule has 0 aromatic carbocycles. The number of nitrogens with one attached hydrogen (secondary N) is 2. The van der Waals surface area contributed by atoms with Crippen LogP contribution in [0.4, 0.5) is 4.79 Å². The Morgan fingerprint density at radius 1 is 1.35 bits per heavy atom. The van der Waals surface area contributed by atoms with Gasteiger partial charge in [0.1, 0.15) is 6.04 Å². The summed E-state index contributed by atoms with van der Waals surface area (Å²) in [6, 6.07) is -2.09. The van der Waals surface area contributed by atoms with Gasteiger partial charge in [-0.2, -0.15) is 0 Å². The minimum absolute atomic E-state index is 0.0389. The molecule has 1 aliphatic heterocycles. The molecular formula is C12H21N3O5. The molecule has 0 aromatic rings. The number of piperidine rings is 1. The van der Waals surface area contributed by atoms with E-state index < -0.39 is 30.4 Å². The number of likely N-dealkylation sites (tertiary alicyclic amines) is 1. The molecule has 8 heteroatoms. The van der Waals surface area contributed by atoms with Gasteiger partial charge in [0.2, 0.25) is 0 Å². The van der Waals surface area contributed by atoms with Gasteiger partial charge in [0.15, 0.2) is 0 Å². The molecule has 1 heterocycles. The van der Waals surface area contributed by atoms with Gasteiger partial charge >= 0.3 is 18.0 Å². The van der Waals surface area contributed by atoms with Crippen LogP contribution in [-0.4, -0.2) is 64.8 Å². The third-order valence-electron chi connectivity index (χ3n) is 3.27. The molecule has 0 saturated carbocycles. The highest BCUT2D eigenvalue weighted by atomic mass is 16.4. The van der Waals surface area contributed by atoms with Gasteiger partial charge < -0.3 is 25.7 Å². The van der Waals surface area contributed by atoms with Crippen LogP contribution in [0.2, 0.25) is 0 Å². The van der Waals surface area contributed by atoms with Crippen molar-refractivity contribution < 1.29 is 24.6 Å². The summed E-state index contributed by atoms with van der Waals surface area (Å²) < 4.78 is 0. The van der Waals surface area contributed by atoms with Crippen LogP contribution in [0.25, 0.3) is 0 Å². The minimum Gasteiger partial charge on any atom is -0.481 e. The molecule has 0 aromatic heterocycles. The van der Waals surface area contributed by atoms with Crippen molar-refractivity contribution in [2.75, 3.05) is 19.6 Å². The Morgan fingerprint density at radius 3 is 2.60 bits per heavy atom. The highest BCUT2D eigenvalue weighted by Crippen LogP contribution is 2.09. The number of rotatable bonds is 6. The monoisotopic (exact) mass is 287 g/mol. The molecule has 114 valence electrons. The van der Waals surface area contributed by atoms with Crippen LogP contribution in [0.3, 0.4) is 0 Å². The Labute approximate surface area is 117 Å². The standard InChI is InChI=1S/C12H21N3O5/c1-2-15-5-3-4-8(7-15)13-12(20)14-9(11(18)19)6-10(16)17/h8-9H,2-7H2,1H3,(H,16,17)(H,18,19)(H2,13,14,20)/t8?,9-/m0/s1. The minimum atomic E-state index is -1.42. The fourth-order valence-corrected chi connectivity index (χ4v) is 2.22. The van der Waals surface area contributed by atoms with E-state index >= 15 is 0 Å². The van der Waals surface area contributed by atoms with Crippen molar-refractivity contribution in [2.24, 2.45) is 0 Å². The van der Waals surface area contributed by atoms with Crippen LogP contribution in [0, 0.1) is 0 Å². The fourth-order valence-electron chi connectivity index (χ4n) is 2.22. The molecule has 2 amide bonds. The first-order valence-corrected chi connectivity index (χ1v) is 6.66. The van der Waals surface area contributed by atoms with Crippen molar-refractivity contribution in [1.29, 1.82) is 0 Å². The lowest BCUT2D eigenvalue weighted by Gasteiger charge is -2.32. The van der Waals surface area contributed by atoms with Gasteiger partial charge in [0.25, 0.3) is 0 Å². The Balaban J connectivity index is 2.44. The summed E-state index contributed by atoms with van der Waals surface area (Å²) in [5.74, 6) is -2.63. The average molecular weight is 287 g/mol. The van der Waals surface area contributed by atoms with E-state index in [0.717, 1.165) is 32.5 Å². The van der Waals surface area contributed by atoms with E-state index in [4.69, 9.17) is 10.2 Å². The van der Waals surface area contributed by atoms with Gasteiger partial charge in [-0.15, -0.1) is 0 Å². The predicted molar refractivity (Wildman–Crippen MR) is 70.5 cm³/mol. The topological polar surface area (TPSA) is 119 Å². The number of hydrogen-bond acceptors (Lipinski definition) is 4. The number of aliphatic carboxylic acids is 2. The normalized spacial score (nSPS) is 20.9. The fraction of sp³-hybridized carbons (Fsp3) is 0.750. The SMILES string of the molecule is CCN1CCCC(NC(=O)N[C@@H](CC(=O)O)C(=O)O)C1. The largest absolute Gasteiger partial charge is 0.481 e. The van der Waals surface area contributed by atoms with Crippen LogP contribution >= 0.6 is 0 Å². The average Bonchev–Trinajstić information content (AvgIpc) is 2.37. The Morgan fingerprint density at radius 2 is 2.05 bits per heavy atom. The predicted octanol–water partition coefficient (Wildman–Crippen LogP) is -0.302. The maximum atomic E-state index is 11.7. The quantitative estimate of drug-likeness (QED) is 0.532. The van der Waals surface area contributed by atoms with E-state index in [0.29, 0.717) is 0 Å².